The number of hydrogen-bond acceptors (Lipinski definition) is 3. The number of benzene rings is 1. The Labute approximate surface area is 171 Å². The number of para-hydroxylation sites is 1. The summed E-state index contributed by atoms with van der Waals surface area (Å²) in [6.45, 7) is 7.53. The number of H-pyrrole nitrogens is 1. The van der Waals surface area contributed by atoms with Crippen molar-refractivity contribution in [3.8, 4) is 0 Å². The molecular formula is C24H29N5. The van der Waals surface area contributed by atoms with E-state index in [4.69, 9.17) is 0 Å². The number of aryl methyl sites for hydroxylation is 3. The average molecular weight is 388 g/mol. The predicted octanol–water partition coefficient (Wildman–Crippen LogP) is 4.70. The Balaban J connectivity index is 1.29. The van der Waals surface area contributed by atoms with Crippen molar-refractivity contribution in [2.75, 3.05) is 13.1 Å². The van der Waals surface area contributed by atoms with E-state index in [0.29, 0.717) is 5.92 Å². The summed E-state index contributed by atoms with van der Waals surface area (Å²) in [5, 5.41) is 7.08. The van der Waals surface area contributed by atoms with Crippen LogP contribution in [0.1, 0.15) is 48.1 Å². The van der Waals surface area contributed by atoms with Gasteiger partial charge in [0.05, 0.1) is 5.69 Å². The molecule has 0 amide bonds. The van der Waals surface area contributed by atoms with Crippen LogP contribution in [0.5, 0.6) is 0 Å². The van der Waals surface area contributed by atoms with Crippen molar-refractivity contribution in [1.82, 2.24) is 24.6 Å². The van der Waals surface area contributed by atoms with E-state index in [1.165, 1.54) is 45.8 Å². The first kappa shape index (κ1) is 18.4. The van der Waals surface area contributed by atoms with Crippen LogP contribution in [-0.4, -0.2) is 37.7 Å². The number of pyridine rings is 1. The fraction of sp³-hybridized carbons (Fsp3) is 0.417. The van der Waals surface area contributed by atoms with E-state index in [-0.39, 0.29) is 0 Å². The highest BCUT2D eigenvalue weighted by Crippen LogP contribution is 2.34. The van der Waals surface area contributed by atoms with Gasteiger partial charge in [-0.05, 0) is 68.0 Å². The number of aromatic amines is 1. The van der Waals surface area contributed by atoms with Gasteiger partial charge < -0.3 is 4.98 Å². The molecule has 1 saturated heterocycles. The van der Waals surface area contributed by atoms with E-state index < -0.39 is 0 Å². The number of nitrogens with one attached hydrogen (secondary N) is 1. The van der Waals surface area contributed by atoms with Gasteiger partial charge in [-0.25, -0.2) is 4.98 Å². The van der Waals surface area contributed by atoms with E-state index in [2.05, 4.69) is 64.3 Å². The maximum atomic E-state index is 4.64. The normalized spacial score (nSPS) is 16.2. The summed E-state index contributed by atoms with van der Waals surface area (Å²) in [4.78, 5) is 10.8. The summed E-state index contributed by atoms with van der Waals surface area (Å²) < 4.78 is 1.87. The highest BCUT2D eigenvalue weighted by atomic mass is 15.3. The van der Waals surface area contributed by atoms with Crippen molar-refractivity contribution in [3.63, 3.8) is 0 Å². The van der Waals surface area contributed by atoms with Crippen LogP contribution >= 0.6 is 0 Å². The first-order chi connectivity index (χ1) is 14.1. The van der Waals surface area contributed by atoms with Gasteiger partial charge in [0.15, 0.2) is 5.65 Å². The molecule has 1 fully saturated rings. The third kappa shape index (κ3) is 3.23. The third-order valence-corrected chi connectivity index (χ3v) is 6.57. The van der Waals surface area contributed by atoms with Gasteiger partial charge in [-0.2, -0.15) is 5.10 Å². The SMILES string of the molecule is CCc1cccc2c(C3CCN(Cc4cnc5c(c4)c(C)nn5C)CC3)c[nH]c12. The number of hydrogen-bond donors (Lipinski definition) is 1. The van der Waals surface area contributed by atoms with Gasteiger partial charge in [-0.1, -0.05) is 25.1 Å². The van der Waals surface area contributed by atoms with Crippen LogP contribution in [0, 0.1) is 6.92 Å². The number of likely N-dealkylation sites (tertiary alicyclic amines) is 1. The minimum atomic E-state index is 0.647. The zero-order valence-electron chi connectivity index (χ0n) is 17.6. The average Bonchev–Trinajstić information content (AvgIpc) is 3.29. The van der Waals surface area contributed by atoms with Gasteiger partial charge >= 0.3 is 0 Å². The van der Waals surface area contributed by atoms with Gasteiger partial charge in [0.25, 0.3) is 0 Å². The van der Waals surface area contributed by atoms with E-state index in [1.807, 2.05) is 17.9 Å². The lowest BCUT2D eigenvalue weighted by Crippen LogP contribution is -2.32. The van der Waals surface area contributed by atoms with Crippen LogP contribution in [0.4, 0.5) is 0 Å². The molecule has 4 aromatic rings. The molecule has 1 aromatic carbocycles. The van der Waals surface area contributed by atoms with Crippen LogP contribution < -0.4 is 0 Å². The van der Waals surface area contributed by atoms with Crippen LogP contribution in [0.3, 0.4) is 0 Å². The molecule has 0 spiro atoms. The second-order valence-corrected chi connectivity index (χ2v) is 8.41. The molecule has 0 bridgehead atoms. The second kappa shape index (κ2) is 7.30. The van der Waals surface area contributed by atoms with Crippen LogP contribution in [-0.2, 0) is 20.0 Å². The van der Waals surface area contributed by atoms with Gasteiger partial charge in [0.1, 0.15) is 0 Å². The molecule has 0 saturated carbocycles. The lowest BCUT2D eigenvalue weighted by atomic mass is 9.88. The molecule has 5 nitrogen and oxygen atoms in total. The molecule has 0 aliphatic carbocycles. The Morgan fingerprint density at radius 2 is 2.00 bits per heavy atom. The molecule has 1 N–H and O–H groups in total. The Morgan fingerprint density at radius 3 is 2.79 bits per heavy atom. The quantitative estimate of drug-likeness (QED) is 0.552. The lowest BCUT2D eigenvalue weighted by molar-refractivity contribution is 0.205. The molecule has 1 aliphatic rings. The number of nitrogens with zero attached hydrogens (tertiary/aromatic N) is 4. The van der Waals surface area contributed by atoms with E-state index in [0.717, 1.165) is 37.4 Å². The summed E-state index contributed by atoms with van der Waals surface area (Å²) in [5.41, 5.74) is 7.56. The third-order valence-electron chi connectivity index (χ3n) is 6.57. The van der Waals surface area contributed by atoms with Crippen molar-refractivity contribution >= 4 is 21.9 Å². The van der Waals surface area contributed by atoms with Crippen LogP contribution in [0.2, 0.25) is 0 Å². The van der Waals surface area contributed by atoms with E-state index in [9.17, 15) is 0 Å². The van der Waals surface area contributed by atoms with Gasteiger partial charge in [0, 0.05) is 42.3 Å². The first-order valence-corrected chi connectivity index (χ1v) is 10.7. The monoisotopic (exact) mass is 387 g/mol. The minimum absolute atomic E-state index is 0.647. The number of fused-ring (bicyclic) bond motifs is 2. The van der Waals surface area contributed by atoms with E-state index >= 15 is 0 Å². The highest BCUT2D eigenvalue weighted by Gasteiger charge is 2.23. The molecule has 0 atom stereocenters. The summed E-state index contributed by atoms with van der Waals surface area (Å²) in [5.74, 6) is 0.647. The number of aromatic nitrogens is 4. The Morgan fingerprint density at radius 1 is 1.17 bits per heavy atom. The van der Waals surface area contributed by atoms with Gasteiger partial charge in [-0.3, -0.25) is 9.58 Å². The van der Waals surface area contributed by atoms with Crippen molar-refractivity contribution in [1.29, 1.82) is 0 Å². The van der Waals surface area contributed by atoms with Crippen molar-refractivity contribution < 1.29 is 0 Å². The summed E-state index contributed by atoms with van der Waals surface area (Å²) in [6, 6.07) is 8.99. The molecule has 5 rings (SSSR count). The maximum absolute atomic E-state index is 4.64. The first-order valence-electron chi connectivity index (χ1n) is 10.7. The molecule has 0 radical (unpaired) electrons. The fourth-order valence-corrected chi connectivity index (χ4v) is 4.97. The Hall–Kier alpha value is -2.66. The van der Waals surface area contributed by atoms with Crippen LogP contribution in [0.15, 0.2) is 36.7 Å². The summed E-state index contributed by atoms with van der Waals surface area (Å²) in [6.07, 6.45) is 7.77. The fourth-order valence-electron chi connectivity index (χ4n) is 4.97. The number of rotatable bonds is 4. The summed E-state index contributed by atoms with van der Waals surface area (Å²) >= 11 is 0. The zero-order valence-corrected chi connectivity index (χ0v) is 17.6. The topological polar surface area (TPSA) is 49.7 Å². The molecule has 150 valence electrons. The second-order valence-electron chi connectivity index (χ2n) is 8.41. The van der Waals surface area contributed by atoms with Gasteiger partial charge in [-0.15, -0.1) is 0 Å². The van der Waals surface area contributed by atoms with Crippen molar-refractivity contribution in [2.45, 2.75) is 45.6 Å². The molecular weight excluding hydrogens is 358 g/mol. The molecule has 3 aromatic heterocycles. The number of piperidine rings is 1. The minimum Gasteiger partial charge on any atom is -0.361 e. The standard InChI is InChI=1S/C24H29N5/c1-4-18-6-5-7-20-22(14-25-23(18)20)19-8-10-29(11-9-19)15-17-12-21-16(2)27-28(3)24(21)26-13-17/h5-7,12-14,19,25H,4,8-11,15H2,1-3H3. The van der Waals surface area contributed by atoms with Gasteiger partial charge in [0.2, 0.25) is 0 Å². The molecule has 5 heteroatoms. The lowest BCUT2D eigenvalue weighted by Gasteiger charge is -2.32. The van der Waals surface area contributed by atoms with Crippen molar-refractivity contribution in [3.05, 3.63) is 59.0 Å². The summed E-state index contributed by atoms with van der Waals surface area (Å²) in [7, 11) is 1.96. The largest absolute Gasteiger partial charge is 0.361 e. The molecule has 1 aliphatic heterocycles. The van der Waals surface area contributed by atoms with E-state index in [1.54, 1.807) is 0 Å². The molecule has 0 unspecified atom stereocenters. The van der Waals surface area contributed by atoms with Crippen LogP contribution in [0.25, 0.3) is 21.9 Å². The Bertz CT molecular complexity index is 1160. The molecule has 29 heavy (non-hydrogen) atoms. The highest BCUT2D eigenvalue weighted by molar-refractivity contribution is 5.86. The Kier molecular flexibility index (Phi) is 4.63. The zero-order chi connectivity index (χ0) is 20.0. The van der Waals surface area contributed by atoms with Crippen molar-refractivity contribution in [2.24, 2.45) is 7.05 Å². The smallest absolute Gasteiger partial charge is 0.157 e. The maximum Gasteiger partial charge on any atom is 0.157 e. The molecule has 4 heterocycles. The predicted molar refractivity (Wildman–Crippen MR) is 118 cm³/mol.